The van der Waals surface area contributed by atoms with Gasteiger partial charge in [-0.1, -0.05) is 6.92 Å². The van der Waals surface area contributed by atoms with Gasteiger partial charge in [0.1, 0.15) is 17.3 Å². The second-order valence-electron chi connectivity index (χ2n) is 5.55. The molecule has 25 heavy (non-hydrogen) atoms. The van der Waals surface area contributed by atoms with Gasteiger partial charge in [0.15, 0.2) is 0 Å². The van der Waals surface area contributed by atoms with Crippen LogP contribution in [0.25, 0.3) is 0 Å². The van der Waals surface area contributed by atoms with E-state index in [1.807, 2.05) is 11.8 Å². The van der Waals surface area contributed by atoms with Crippen molar-refractivity contribution in [2.75, 3.05) is 43.1 Å². The van der Waals surface area contributed by atoms with Crippen molar-refractivity contribution in [2.45, 2.75) is 13.3 Å². The Labute approximate surface area is 148 Å². The molecule has 0 radical (unpaired) electrons. The van der Waals surface area contributed by atoms with Gasteiger partial charge in [0, 0.05) is 56.3 Å². The van der Waals surface area contributed by atoms with Crippen LogP contribution < -0.4 is 14.5 Å². The summed E-state index contributed by atoms with van der Waals surface area (Å²) in [5.41, 5.74) is -0.272. The molecule has 1 aliphatic heterocycles. The number of rotatable bonds is 5. The zero-order valence-corrected chi connectivity index (χ0v) is 14.8. The summed E-state index contributed by atoms with van der Waals surface area (Å²) in [6.07, 6.45) is 0.783. The summed E-state index contributed by atoms with van der Waals surface area (Å²) >= 11 is 1.35. The Balaban J connectivity index is 1.80. The topological polar surface area (TPSA) is 84.6 Å². The minimum atomic E-state index is -0.890. The molecule has 0 unspecified atom stereocenters. The van der Waals surface area contributed by atoms with Gasteiger partial charge in [0.2, 0.25) is 10.9 Å². The Hall–Kier alpha value is -2.49. The SMILES string of the molecule is CCc1nsc(N2CCN(c3cc(OC)cc(F)c3[N+](=O)[O-])CC2)n1. The summed E-state index contributed by atoms with van der Waals surface area (Å²) in [6.45, 7) is 4.31. The van der Waals surface area contributed by atoms with Crippen LogP contribution in [0.4, 0.5) is 20.9 Å². The number of ether oxygens (including phenoxy) is 1. The highest BCUT2D eigenvalue weighted by Crippen LogP contribution is 2.36. The third kappa shape index (κ3) is 3.48. The van der Waals surface area contributed by atoms with E-state index >= 15 is 0 Å². The van der Waals surface area contributed by atoms with Gasteiger partial charge < -0.3 is 14.5 Å². The first kappa shape index (κ1) is 17.3. The van der Waals surface area contributed by atoms with Gasteiger partial charge >= 0.3 is 5.69 Å². The molecule has 8 nitrogen and oxygen atoms in total. The summed E-state index contributed by atoms with van der Waals surface area (Å²) in [6, 6.07) is 2.54. The zero-order chi connectivity index (χ0) is 18.0. The van der Waals surface area contributed by atoms with Gasteiger partial charge in [-0.2, -0.15) is 8.76 Å². The van der Waals surface area contributed by atoms with Crippen molar-refractivity contribution in [3.05, 3.63) is 33.9 Å². The maximum Gasteiger partial charge on any atom is 0.328 e. The van der Waals surface area contributed by atoms with Crippen LogP contribution in [0.5, 0.6) is 5.75 Å². The first-order valence-electron chi connectivity index (χ1n) is 7.88. The molecule has 0 N–H and O–H groups in total. The quantitative estimate of drug-likeness (QED) is 0.593. The minimum absolute atomic E-state index is 0.244. The largest absolute Gasteiger partial charge is 0.497 e. The number of nitro groups is 1. The lowest BCUT2D eigenvalue weighted by atomic mass is 10.2. The van der Waals surface area contributed by atoms with Crippen molar-refractivity contribution in [2.24, 2.45) is 0 Å². The number of anilines is 2. The number of halogens is 1. The van der Waals surface area contributed by atoms with Crippen LogP contribution in [0, 0.1) is 15.9 Å². The van der Waals surface area contributed by atoms with Crippen LogP contribution in [0.15, 0.2) is 12.1 Å². The minimum Gasteiger partial charge on any atom is -0.497 e. The van der Waals surface area contributed by atoms with Crippen molar-refractivity contribution >= 4 is 28.0 Å². The van der Waals surface area contributed by atoms with Gasteiger partial charge in [-0.3, -0.25) is 10.1 Å². The normalized spacial score (nSPS) is 14.7. The maximum absolute atomic E-state index is 14.1. The molecule has 1 aliphatic rings. The zero-order valence-electron chi connectivity index (χ0n) is 13.9. The Morgan fingerprint density at radius 2 is 2.00 bits per heavy atom. The average Bonchev–Trinajstić information content (AvgIpc) is 3.10. The molecule has 1 aromatic carbocycles. The number of nitrogens with zero attached hydrogens (tertiary/aromatic N) is 5. The Bertz CT molecular complexity index is 777. The van der Waals surface area contributed by atoms with Gasteiger partial charge in [-0.05, 0) is 0 Å². The summed E-state index contributed by atoms with van der Waals surface area (Å²) in [4.78, 5) is 19.0. The standard InChI is InChI=1S/C15H18FN5O3S/c1-3-13-17-15(25-18-13)20-6-4-19(5-7-20)12-9-10(24-2)8-11(16)14(12)21(22)23/h8-9H,3-7H2,1-2H3. The van der Waals surface area contributed by atoms with Gasteiger partial charge in [0.05, 0.1) is 12.0 Å². The molecule has 134 valence electrons. The van der Waals surface area contributed by atoms with Crippen LogP contribution >= 0.6 is 11.5 Å². The van der Waals surface area contributed by atoms with Gasteiger partial charge in [-0.25, -0.2) is 4.98 Å². The Kier molecular flexibility index (Phi) is 4.98. The van der Waals surface area contributed by atoms with E-state index in [4.69, 9.17) is 4.74 Å². The number of hydrogen-bond acceptors (Lipinski definition) is 8. The summed E-state index contributed by atoms with van der Waals surface area (Å²) in [5.74, 6) is 0.184. The van der Waals surface area contributed by atoms with Crippen molar-refractivity contribution in [3.63, 3.8) is 0 Å². The summed E-state index contributed by atoms with van der Waals surface area (Å²) in [7, 11) is 1.41. The Morgan fingerprint density at radius 3 is 2.56 bits per heavy atom. The van der Waals surface area contributed by atoms with Crippen LogP contribution in [0.1, 0.15) is 12.7 Å². The molecule has 3 rings (SSSR count). The van der Waals surface area contributed by atoms with Crippen molar-refractivity contribution in [3.8, 4) is 5.75 Å². The molecular formula is C15H18FN5O3S. The highest BCUT2D eigenvalue weighted by molar-refractivity contribution is 7.09. The lowest BCUT2D eigenvalue weighted by Crippen LogP contribution is -2.46. The number of nitro benzene ring substituents is 1. The number of piperazine rings is 1. The van der Waals surface area contributed by atoms with E-state index in [0.717, 1.165) is 23.4 Å². The molecule has 10 heteroatoms. The number of aromatic nitrogens is 2. The highest BCUT2D eigenvalue weighted by atomic mass is 32.1. The van der Waals surface area contributed by atoms with Crippen molar-refractivity contribution in [1.82, 2.24) is 9.36 Å². The predicted octanol–water partition coefficient (Wildman–Crippen LogP) is 2.48. The molecule has 2 heterocycles. The molecular weight excluding hydrogens is 349 g/mol. The van der Waals surface area contributed by atoms with Crippen LogP contribution in [0.3, 0.4) is 0 Å². The molecule has 0 spiro atoms. The van der Waals surface area contributed by atoms with E-state index in [9.17, 15) is 14.5 Å². The second kappa shape index (κ2) is 7.18. The lowest BCUT2D eigenvalue weighted by molar-refractivity contribution is -0.386. The van der Waals surface area contributed by atoms with Gasteiger partial charge in [-0.15, -0.1) is 0 Å². The maximum atomic E-state index is 14.1. The first-order valence-corrected chi connectivity index (χ1v) is 8.65. The van der Waals surface area contributed by atoms with Crippen molar-refractivity contribution in [1.29, 1.82) is 0 Å². The number of hydrogen-bond donors (Lipinski definition) is 0. The third-order valence-electron chi connectivity index (χ3n) is 4.10. The molecule has 1 fully saturated rings. The van der Waals surface area contributed by atoms with E-state index in [1.54, 1.807) is 0 Å². The second-order valence-corrected chi connectivity index (χ2v) is 6.29. The smallest absolute Gasteiger partial charge is 0.328 e. The fourth-order valence-electron chi connectivity index (χ4n) is 2.76. The number of benzene rings is 1. The summed E-state index contributed by atoms with van der Waals surface area (Å²) in [5, 5.41) is 12.1. The Morgan fingerprint density at radius 1 is 1.32 bits per heavy atom. The highest BCUT2D eigenvalue weighted by Gasteiger charge is 2.29. The molecule has 1 saturated heterocycles. The molecule has 0 bridgehead atoms. The summed E-state index contributed by atoms with van der Waals surface area (Å²) < 4.78 is 23.4. The van der Waals surface area contributed by atoms with Crippen LogP contribution in [-0.2, 0) is 6.42 Å². The molecule has 2 aromatic rings. The van der Waals surface area contributed by atoms with Crippen LogP contribution in [0.2, 0.25) is 0 Å². The number of methoxy groups -OCH3 is 1. The van der Waals surface area contributed by atoms with E-state index in [-0.39, 0.29) is 11.4 Å². The number of aryl methyl sites for hydroxylation is 1. The molecule has 1 aromatic heterocycles. The fourth-order valence-corrected chi connectivity index (χ4v) is 3.56. The lowest BCUT2D eigenvalue weighted by Gasteiger charge is -2.35. The molecule has 0 saturated carbocycles. The molecule has 0 amide bonds. The molecule has 0 atom stereocenters. The van der Waals surface area contributed by atoms with E-state index < -0.39 is 16.4 Å². The third-order valence-corrected chi connectivity index (χ3v) is 4.91. The van der Waals surface area contributed by atoms with Crippen LogP contribution in [-0.4, -0.2) is 47.6 Å². The monoisotopic (exact) mass is 367 g/mol. The van der Waals surface area contributed by atoms with E-state index in [0.29, 0.717) is 26.2 Å². The predicted molar refractivity (Wildman–Crippen MR) is 93.3 cm³/mol. The van der Waals surface area contributed by atoms with E-state index in [1.165, 1.54) is 24.7 Å². The molecule has 0 aliphatic carbocycles. The fraction of sp³-hybridized carbons (Fsp3) is 0.467. The first-order chi connectivity index (χ1) is 12.0. The average molecular weight is 367 g/mol. The van der Waals surface area contributed by atoms with Crippen molar-refractivity contribution < 1.29 is 14.1 Å². The van der Waals surface area contributed by atoms with Gasteiger partial charge in [0.25, 0.3) is 0 Å². The van der Waals surface area contributed by atoms with E-state index in [2.05, 4.69) is 14.3 Å².